The van der Waals surface area contributed by atoms with Gasteiger partial charge in [0.2, 0.25) is 0 Å². The van der Waals surface area contributed by atoms with E-state index in [1.807, 2.05) is 24.3 Å². The lowest BCUT2D eigenvalue weighted by atomic mass is 10.1. The lowest BCUT2D eigenvalue weighted by Crippen LogP contribution is -2.31. The van der Waals surface area contributed by atoms with Crippen LogP contribution in [0, 0.1) is 10.1 Å². The van der Waals surface area contributed by atoms with Crippen molar-refractivity contribution in [2.75, 3.05) is 10.8 Å². The zero-order chi connectivity index (χ0) is 18.7. The van der Waals surface area contributed by atoms with E-state index in [9.17, 15) is 18.5 Å². The zero-order valence-electron chi connectivity index (χ0n) is 13.8. The van der Waals surface area contributed by atoms with Crippen molar-refractivity contribution in [1.82, 2.24) is 0 Å². The number of nitro groups is 1. The molecule has 0 aromatic heterocycles. The van der Waals surface area contributed by atoms with Crippen LogP contribution in [0.25, 0.3) is 10.8 Å². The molecular weight excluding hydrogens is 352 g/mol. The molecule has 0 unspecified atom stereocenters. The zero-order valence-corrected chi connectivity index (χ0v) is 14.6. The highest BCUT2D eigenvalue weighted by Gasteiger charge is 2.25. The molecule has 3 rings (SSSR count). The first-order valence-electron chi connectivity index (χ1n) is 7.80. The summed E-state index contributed by atoms with van der Waals surface area (Å²) in [7, 11) is -3.91. The Morgan fingerprint density at radius 3 is 2.42 bits per heavy atom. The van der Waals surface area contributed by atoms with E-state index in [1.54, 1.807) is 12.1 Å². The van der Waals surface area contributed by atoms with Gasteiger partial charge in [-0.1, -0.05) is 42.5 Å². The van der Waals surface area contributed by atoms with Crippen molar-refractivity contribution in [2.45, 2.75) is 4.90 Å². The van der Waals surface area contributed by atoms with Crippen LogP contribution in [0.5, 0.6) is 0 Å². The van der Waals surface area contributed by atoms with Gasteiger partial charge in [0.25, 0.3) is 15.7 Å². The summed E-state index contributed by atoms with van der Waals surface area (Å²) in [4.78, 5) is 10.6. The average molecular weight is 368 g/mol. The number of hydrogen-bond donors (Lipinski definition) is 0. The maximum Gasteiger partial charge on any atom is 0.271 e. The molecule has 0 spiro atoms. The highest BCUT2D eigenvalue weighted by atomic mass is 32.2. The molecule has 0 aliphatic heterocycles. The van der Waals surface area contributed by atoms with Gasteiger partial charge in [0.1, 0.15) is 0 Å². The fourth-order valence-electron chi connectivity index (χ4n) is 2.68. The van der Waals surface area contributed by atoms with Crippen LogP contribution in [0.15, 0.2) is 84.3 Å². The third kappa shape index (κ3) is 3.29. The molecule has 0 N–H and O–H groups in total. The molecule has 0 atom stereocenters. The minimum atomic E-state index is -3.91. The summed E-state index contributed by atoms with van der Waals surface area (Å²) in [6, 6.07) is 17.8. The maximum atomic E-state index is 13.2. The molecule has 7 heteroatoms. The van der Waals surface area contributed by atoms with Crippen molar-refractivity contribution in [1.29, 1.82) is 0 Å². The predicted molar refractivity (Wildman–Crippen MR) is 102 cm³/mol. The van der Waals surface area contributed by atoms with Crippen molar-refractivity contribution in [3.63, 3.8) is 0 Å². The van der Waals surface area contributed by atoms with Gasteiger partial charge in [-0.15, -0.1) is 6.58 Å². The van der Waals surface area contributed by atoms with E-state index in [1.165, 1.54) is 36.4 Å². The molecule has 3 aromatic rings. The Hall–Kier alpha value is -3.19. The molecule has 0 bridgehead atoms. The molecule has 3 aromatic carbocycles. The van der Waals surface area contributed by atoms with E-state index in [0.29, 0.717) is 0 Å². The molecule has 0 aliphatic rings. The minimum absolute atomic E-state index is 0.00364. The van der Waals surface area contributed by atoms with E-state index in [2.05, 4.69) is 6.58 Å². The fourth-order valence-corrected chi connectivity index (χ4v) is 4.14. The topological polar surface area (TPSA) is 80.5 Å². The first-order chi connectivity index (χ1) is 12.4. The van der Waals surface area contributed by atoms with Crippen LogP contribution in [-0.4, -0.2) is 19.9 Å². The average Bonchev–Trinajstić information content (AvgIpc) is 2.65. The molecule has 132 valence electrons. The van der Waals surface area contributed by atoms with Gasteiger partial charge in [0.05, 0.1) is 22.1 Å². The van der Waals surface area contributed by atoms with Crippen LogP contribution in [0.3, 0.4) is 0 Å². The Bertz CT molecular complexity index is 1090. The van der Waals surface area contributed by atoms with E-state index in [4.69, 9.17) is 0 Å². The third-order valence-electron chi connectivity index (χ3n) is 3.93. The van der Waals surface area contributed by atoms with Crippen LogP contribution >= 0.6 is 0 Å². The highest BCUT2D eigenvalue weighted by molar-refractivity contribution is 7.92. The van der Waals surface area contributed by atoms with E-state index in [0.717, 1.165) is 15.1 Å². The quantitative estimate of drug-likeness (QED) is 0.372. The largest absolute Gasteiger partial charge is 0.271 e. The second-order valence-electron chi connectivity index (χ2n) is 5.61. The standard InChI is InChI=1S/C19H16N2O4S/c1-2-12-20(17-8-5-9-18(14-17)21(22)23)26(24,25)19-11-10-15-6-3-4-7-16(15)13-19/h2-11,13-14H,1,12H2. The molecular formula is C19H16N2O4S. The number of nitro benzene ring substituents is 1. The molecule has 0 saturated heterocycles. The number of non-ortho nitro benzene ring substituents is 1. The van der Waals surface area contributed by atoms with Gasteiger partial charge in [-0.05, 0) is 29.0 Å². The number of fused-ring (bicyclic) bond motifs is 1. The second kappa shape index (κ2) is 6.97. The Morgan fingerprint density at radius 1 is 1.00 bits per heavy atom. The Kier molecular flexibility index (Phi) is 4.73. The Labute approximate surface area is 151 Å². The molecule has 0 amide bonds. The summed E-state index contributed by atoms with van der Waals surface area (Å²) in [5.74, 6) is 0. The molecule has 0 heterocycles. The van der Waals surface area contributed by atoms with Gasteiger partial charge in [0.15, 0.2) is 0 Å². The van der Waals surface area contributed by atoms with Crippen molar-refractivity contribution in [2.24, 2.45) is 0 Å². The number of nitrogens with zero attached hydrogens (tertiary/aromatic N) is 2. The minimum Gasteiger partial charge on any atom is -0.262 e. The van der Waals surface area contributed by atoms with Crippen molar-refractivity contribution in [3.8, 4) is 0 Å². The summed E-state index contributed by atoms with van der Waals surface area (Å²) < 4.78 is 27.4. The summed E-state index contributed by atoms with van der Waals surface area (Å²) in [5, 5.41) is 12.7. The monoisotopic (exact) mass is 368 g/mol. The number of rotatable bonds is 6. The molecule has 6 nitrogen and oxygen atoms in total. The van der Waals surface area contributed by atoms with Gasteiger partial charge in [0, 0.05) is 12.1 Å². The summed E-state index contributed by atoms with van der Waals surface area (Å²) in [5.41, 5.74) is 0.0394. The molecule has 0 radical (unpaired) electrons. The van der Waals surface area contributed by atoms with Crippen LogP contribution in [0.4, 0.5) is 11.4 Å². The molecule has 0 aliphatic carbocycles. The van der Waals surface area contributed by atoms with Gasteiger partial charge in [-0.2, -0.15) is 0 Å². The lowest BCUT2D eigenvalue weighted by molar-refractivity contribution is -0.384. The summed E-state index contributed by atoms with van der Waals surface area (Å²) >= 11 is 0. The number of anilines is 1. The van der Waals surface area contributed by atoms with E-state index >= 15 is 0 Å². The summed E-state index contributed by atoms with van der Waals surface area (Å²) in [6.45, 7) is 3.60. The van der Waals surface area contributed by atoms with E-state index < -0.39 is 14.9 Å². The van der Waals surface area contributed by atoms with Crippen molar-refractivity contribution >= 4 is 32.2 Å². The Morgan fingerprint density at radius 2 is 1.73 bits per heavy atom. The van der Waals surface area contributed by atoms with Crippen LogP contribution in [-0.2, 0) is 10.0 Å². The maximum absolute atomic E-state index is 13.2. The van der Waals surface area contributed by atoms with Crippen LogP contribution < -0.4 is 4.31 Å². The van der Waals surface area contributed by atoms with Crippen molar-refractivity contribution in [3.05, 3.63) is 89.5 Å². The van der Waals surface area contributed by atoms with Gasteiger partial charge < -0.3 is 0 Å². The van der Waals surface area contributed by atoms with Crippen LogP contribution in [0.2, 0.25) is 0 Å². The third-order valence-corrected chi connectivity index (χ3v) is 5.72. The SMILES string of the molecule is C=CCN(c1cccc([N+](=O)[O-])c1)S(=O)(=O)c1ccc2ccccc2c1. The first-order valence-corrected chi connectivity index (χ1v) is 9.24. The molecule has 0 saturated carbocycles. The number of hydrogen-bond acceptors (Lipinski definition) is 4. The predicted octanol–water partition coefficient (Wildman–Crippen LogP) is 4.13. The van der Waals surface area contributed by atoms with Crippen LogP contribution in [0.1, 0.15) is 0 Å². The first kappa shape index (κ1) is 17.6. The summed E-state index contributed by atoms with van der Waals surface area (Å²) in [6.07, 6.45) is 1.44. The highest BCUT2D eigenvalue weighted by Crippen LogP contribution is 2.28. The molecule has 0 fully saturated rings. The fraction of sp³-hybridized carbons (Fsp3) is 0.0526. The van der Waals surface area contributed by atoms with Gasteiger partial charge in [-0.3, -0.25) is 14.4 Å². The normalized spacial score (nSPS) is 11.2. The molecule has 26 heavy (non-hydrogen) atoms. The van der Waals surface area contributed by atoms with Crippen molar-refractivity contribution < 1.29 is 13.3 Å². The smallest absolute Gasteiger partial charge is 0.262 e. The lowest BCUT2D eigenvalue weighted by Gasteiger charge is -2.23. The second-order valence-corrected chi connectivity index (χ2v) is 7.47. The van der Waals surface area contributed by atoms with E-state index in [-0.39, 0.29) is 22.8 Å². The van der Waals surface area contributed by atoms with Gasteiger partial charge >= 0.3 is 0 Å². The number of sulfonamides is 1. The number of benzene rings is 3. The Balaban J connectivity index is 2.11. The van der Waals surface area contributed by atoms with Gasteiger partial charge in [-0.25, -0.2) is 8.42 Å².